The van der Waals surface area contributed by atoms with Crippen molar-refractivity contribution in [2.45, 2.75) is 0 Å². The summed E-state index contributed by atoms with van der Waals surface area (Å²) in [6, 6.07) is 0. The number of rotatable bonds is 4. The number of hydrogen-bond acceptors (Lipinski definition) is 2. The first-order chi connectivity index (χ1) is 5.26. The molecule has 0 radical (unpaired) electrons. The van der Waals surface area contributed by atoms with Gasteiger partial charge in [-0.05, 0) is 6.20 Å². The number of amidine groups is 1. The Morgan fingerprint density at radius 3 is 2.55 bits per heavy atom. The smallest absolute Gasteiger partial charge is 0.211 e. The first-order valence-corrected chi connectivity index (χ1v) is 3.00. The van der Waals surface area contributed by atoms with Gasteiger partial charge in [-0.2, -0.15) is 0 Å². The van der Waals surface area contributed by atoms with Crippen LogP contribution in [0.4, 0.5) is 0 Å². The summed E-state index contributed by atoms with van der Waals surface area (Å²) in [6.45, 7) is 6.99. The Labute approximate surface area is 65.7 Å². The Morgan fingerprint density at radius 1 is 1.55 bits per heavy atom. The number of nitrogens with one attached hydrogen (secondary N) is 2. The first kappa shape index (κ1) is 9.42. The van der Waals surface area contributed by atoms with Crippen molar-refractivity contribution in [3.05, 3.63) is 25.1 Å². The van der Waals surface area contributed by atoms with Gasteiger partial charge in [0, 0.05) is 7.05 Å². The molecule has 0 aromatic carbocycles. The standard InChI is InChI=1S/C7H11N3O/c1-4-9-7(8-3)6(2)10-5-11/h4-5H,1-2H2,3H3,(H,8,9)(H,10,11). The van der Waals surface area contributed by atoms with Gasteiger partial charge in [-0.1, -0.05) is 13.2 Å². The lowest BCUT2D eigenvalue weighted by atomic mass is 10.4. The van der Waals surface area contributed by atoms with Crippen LogP contribution in [0.5, 0.6) is 0 Å². The summed E-state index contributed by atoms with van der Waals surface area (Å²) in [5.41, 5.74) is 0.419. The molecular weight excluding hydrogens is 142 g/mol. The lowest BCUT2D eigenvalue weighted by Gasteiger charge is -2.05. The maximum Gasteiger partial charge on any atom is 0.211 e. The maximum absolute atomic E-state index is 9.96. The SMILES string of the molecule is C=CNC(=NC)C(=C)NC=O. The summed E-state index contributed by atoms with van der Waals surface area (Å²) >= 11 is 0. The molecule has 4 heteroatoms. The van der Waals surface area contributed by atoms with E-state index in [0.717, 1.165) is 0 Å². The van der Waals surface area contributed by atoms with E-state index in [1.165, 1.54) is 6.20 Å². The molecule has 0 unspecified atom stereocenters. The molecule has 0 spiro atoms. The summed E-state index contributed by atoms with van der Waals surface area (Å²) in [5.74, 6) is 0.493. The highest BCUT2D eigenvalue weighted by molar-refractivity contribution is 5.99. The van der Waals surface area contributed by atoms with Gasteiger partial charge in [-0.25, -0.2) is 0 Å². The third-order valence-corrected chi connectivity index (χ3v) is 0.981. The third-order valence-electron chi connectivity index (χ3n) is 0.981. The van der Waals surface area contributed by atoms with Crippen molar-refractivity contribution in [3.63, 3.8) is 0 Å². The molecule has 0 saturated carbocycles. The Kier molecular flexibility index (Phi) is 4.47. The average Bonchev–Trinajstić information content (AvgIpc) is 2.00. The number of aliphatic imine (C=N–C) groups is 1. The summed E-state index contributed by atoms with van der Waals surface area (Å²) in [6.07, 6.45) is 2.00. The van der Waals surface area contributed by atoms with Crippen molar-refractivity contribution in [1.82, 2.24) is 10.6 Å². The van der Waals surface area contributed by atoms with Gasteiger partial charge < -0.3 is 10.6 Å². The van der Waals surface area contributed by atoms with E-state index in [1.54, 1.807) is 7.05 Å². The molecule has 2 N–H and O–H groups in total. The first-order valence-electron chi connectivity index (χ1n) is 3.00. The van der Waals surface area contributed by atoms with Gasteiger partial charge >= 0.3 is 0 Å². The van der Waals surface area contributed by atoms with Crippen molar-refractivity contribution in [2.24, 2.45) is 4.99 Å². The van der Waals surface area contributed by atoms with Gasteiger partial charge in [-0.15, -0.1) is 0 Å². The van der Waals surface area contributed by atoms with Crippen LogP contribution in [0.2, 0.25) is 0 Å². The van der Waals surface area contributed by atoms with E-state index in [4.69, 9.17) is 0 Å². The molecule has 0 rings (SSSR count). The molecule has 0 bridgehead atoms. The summed E-state index contributed by atoms with van der Waals surface area (Å²) in [7, 11) is 1.59. The van der Waals surface area contributed by atoms with Gasteiger partial charge in [0.25, 0.3) is 0 Å². The normalized spacial score (nSPS) is 10.1. The molecule has 0 aromatic heterocycles. The molecule has 0 heterocycles. The van der Waals surface area contributed by atoms with Gasteiger partial charge in [-0.3, -0.25) is 9.79 Å². The van der Waals surface area contributed by atoms with Crippen molar-refractivity contribution in [1.29, 1.82) is 0 Å². The lowest BCUT2D eigenvalue weighted by Crippen LogP contribution is -2.27. The number of nitrogens with zero attached hydrogens (tertiary/aromatic N) is 1. The molecule has 0 aliphatic rings. The number of amides is 1. The van der Waals surface area contributed by atoms with E-state index in [2.05, 4.69) is 28.8 Å². The highest BCUT2D eigenvalue weighted by atomic mass is 16.1. The highest BCUT2D eigenvalue weighted by Crippen LogP contribution is 1.84. The number of carbonyl (C=O) groups excluding carboxylic acids is 1. The topological polar surface area (TPSA) is 53.5 Å². The molecule has 60 valence electrons. The van der Waals surface area contributed by atoms with Crippen molar-refractivity contribution >= 4 is 12.2 Å². The van der Waals surface area contributed by atoms with Crippen LogP contribution >= 0.6 is 0 Å². The van der Waals surface area contributed by atoms with Crippen LogP contribution in [-0.2, 0) is 4.79 Å². The van der Waals surface area contributed by atoms with E-state index >= 15 is 0 Å². The zero-order valence-corrected chi connectivity index (χ0v) is 6.42. The number of carbonyl (C=O) groups is 1. The van der Waals surface area contributed by atoms with Crippen molar-refractivity contribution < 1.29 is 4.79 Å². The predicted molar refractivity (Wildman–Crippen MR) is 45.0 cm³/mol. The van der Waals surface area contributed by atoms with Crippen LogP contribution in [0.1, 0.15) is 0 Å². The monoisotopic (exact) mass is 153 g/mol. The molecule has 0 aliphatic heterocycles. The van der Waals surface area contributed by atoms with Gasteiger partial charge in [0.05, 0.1) is 5.70 Å². The minimum atomic E-state index is 0.419. The van der Waals surface area contributed by atoms with Crippen LogP contribution < -0.4 is 10.6 Å². The molecule has 11 heavy (non-hydrogen) atoms. The zero-order valence-electron chi connectivity index (χ0n) is 6.42. The largest absolute Gasteiger partial charge is 0.346 e. The van der Waals surface area contributed by atoms with Crippen LogP contribution in [0.15, 0.2) is 30.0 Å². The second kappa shape index (κ2) is 5.22. The fourth-order valence-electron chi connectivity index (χ4n) is 0.523. The third kappa shape index (κ3) is 3.20. The van der Waals surface area contributed by atoms with E-state index < -0.39 is 0 Å². The van der Waals surface area contributed by atoms with E-state index in [0.29, 0.717) is 17.9 Å². The molecule has 4 nitrogen and oxygen atoms in total. The highest BCUT2D eigenvalue weighted by Gasteiger charge is 1.98. The molecule has 0 atom stereocenters. The Balaban J connectivity index is 4.14. The maximum atomic E-state index is 9.96. The Morgan fingerprint density at radius 2 is 2.18 bits per heavy atom. The van der Waals surface area contributed by atoms with Gasteiger partial charge in [0.1, 0.15) is 5.84 Å². The van der Waals surface area contributed by atoms with Crippen LogP contribution in [0, 0.1) is 0 Å². The fourth-order valence-corrected chi connectivity index (χ4v) is 0.523. The summed E-state index contributed by atoms with van der Waals surface area (Å²) < 4.78 is 0. The molecule has 0 aromatic rings. The molecule has 0 fully saturated rings. The van der Waals surface area contributed by atoms with Gasteiger partial charge in [0.15, 0.2) is 0 Å². The second-order valence-corrected chi connectivity index (χ2v) is 1.66. The Hall–Kier alpha value is -1.58. The van der Waals surface area contributed by atoms with Crippen molar-refractivity contribution in [3.8, 4) is 0 Å². The zero-order chi connectivity index (χ0) is 8.69. The van der Waals surface area contributed by atoms with Gasteiger partial charge in [0.2, 0.25) is 6.41 Å². The number of hydrogen-bond donors (Lipinski definition) is 2. The quantitative estimate of drug-likeness (QED) is 0.339. The lowest BCUT2D eigenvalue weighted by molar-refractivity contribution is -0.108. The van der Waals surface area contributed by atoms with Crippen LogP contribution in [0.25, 0.3) is 0 Å². The van der Waals surface area contributed by atoms with Crippen molar-refractivity contribution in [2.75, 3.05) is 7.05 Å². The van der Waals surface area contributed by atoms with Crippen LogP contribution in [-0.4, -0.2) is 19.3 Å². The van der Waals surface area contributed by atoms with E-state index in [1.807, 2.05) is 0 Å². The molecule has 1 amide bonds. The van der Waals surface area contributed by atoms with E-state index in [9.17, 15) is 4.79 Å². The molecule has 0 aliphatic carbocycles. The van der Waals surface area contributed by atoms with Crippen LogP contribution in [0.3, 0.4) is 0 Å². The predicted octanol–water partition coefficient (Wildman–Crippen LogP) is 0.00750. The molecular formula is C7H11N3O. The van der Waals surface area contributed by atoms with E-state index in [-0.39, 0.29) is 0 Å². The Bertz CT molecular complexity index is 196. The average molecular weight is 153 g/mol. The summed E-state index contributed by atoms with van der Waals surface area (Å²) in [5, 5.41) is 5.08. The fraction of sp³-hybridized carbons (Fsp3) is 0.143. The summed E-state index contributed by atoms with van der Waals surface area (Å²) in [4.78, 5) is 13.8. The molecule has 0 saturated heterocycles. The second-order valence-electron chi connectivity index (χ2n) is 1.66. The minimum absolute atomic E-state index is 0.419. The minimum Gasteiger partial charge on any atom is -0.346 e.